The fraction of sp³-hybridized carbons (Fsp3) is 0.538. The van der Waals surface area contributed by atoms with E-state index in [4.69, 9.17) is 16.3 Å². The second kappa shape index (κ2) is 6.45. The molecule has 0 bridgehead atoms. The molecule has 0 N–H and O–H groups in total. The number of nitrogens with zero attached hydrogens (tertiary/aromatic N) is 1. The maximum Gasteiger partial charge on any atom is 0.147 e. The highest BCUT2D eigenvalue weighted by atomic mass is 35.5. The largest absolute Gasteiger partial charge is 0.379 e. The quantitative estimate of drug-likeness (QED) is 0.784. The van der Waals surface area contributed by atoms with Gasteiger partial charge in [0.05, 0.1) is 13.2 Å². The Morgan fingerprint density at radius 1 is 1.22 bits per heavy atom. The molecule has 1 aliphatic rings. The number of morpholine rings is 1. The van der Waals surface area contributed by atoms with E-state index in [9.17, 15) is 8.78 Å². The maximum absolute atomic E-state index is 13.6. The molecular formula is C13H16ClF2NO. The molecule has 0 aromatic heterocycles. The molecule has 5 heteroatoms. The van der Waals surface area contributed by atoms with E-state index in [1.54, 1.807) is 0 Å². The molecule has 0 radical (unpaired) electrons. The lowest BCUT2D eigenvalue weighted by atomic mass is 10.1. The molecule has 1 aromatic carbocycles. The predicted molar refractivity (Wildman–Crippen MR) is 66.9 cm³/mol. The smallest absolute Gasteiger partial charge is 0.147 e. The third-order valence-corrected chi connectivity index (χ3v) is 3.49. The van der Waals surface area contributed by atoms with Gasteiger partial charge in [-0.05, 0) is 31.0 Å². The molecule has 1 fully saturated rings. The zero-order chi connectivity index (χ0) is 13.0. The molecule has 0 spiro atoms. The summed E-state index contributed by atoms with van der Waals surface area (Å²) >= 11 is 5.53. The van der Waals surface area contributed by atoms with Gasteiger partial charge in [0, 0.05) is 13.1 Å². The van der Waals surface area contributed by atoms with Crippen LogP contribution in [0.5, 0.6) is 0 Å². The summed E-state index contributed by atoms with van der Waals surface area (Å²) in [5.74, 6) is -1.33. The van der Waals surface area contributed by atoms with Crippen LogP contribution in [0.15, 0.2) is 12.1 Å². The van der Waals surface area contributed by atoms with E-state index < -0.39 is 16.7 Å². The Morgan fingerprint density at radius 3 is 2.67 bits per heavy atom. The second-order valence-electron chi connectivity index (χ2n) is 4.39. The van der Waals surface area contributed by atoms with Crippen LogP contribution in [0.25, 0.3) is 0 Å². The van der Waals surface area contributed by atoms with Gasteiger partial charge >= 0.3 is 0 Å². The summed E-state index contributed by atoms with van der Waals surface area (Å²) in [6, 6.07) is 2.69. The summed E-state index contributed by atoms with van der Waals surface area (Å²) < 4.78 is 31.9. The van der Waals surface area contributed by atoms with E-state index in [1.165, 1.54) is 12.1 Å². The minimum atomic E-state index is -0.703. The second-order valence-corrected chi connectivity index (χ2v) is 4.77. The summed E-state index contributed by atoms with van der Waals surface area (Å²) in [6.45, 7) is 4.27. The molecule has 1 aromatic rings. The van der Waals surface area contributed by atoms with Crippen LogP contribution >= 0.6 is 11.6 Å². The van der Waals surface area contributed by atoms with Crippen LogP contribution < -0.4 is 0 Å². The lowest BCUT2D eigenvalue weighted by Gasteiger charge is -2.26. The molecule has 2 rings (SSSR count). The van der Waals surface area contributed by atoms with Crippen LogP contribution in [0.1, 0.15) is 12.0 Å². The SMILES string of the molecule is Fc1ccc(CCCN2CCOCC2)c(F)c1Cl. The van der Waals surface area contributed by atoms with Crippen LogP contribution in [-0.4, -0.2) is 37.7 Å². The van der Waals surface area contributed by atoms with Crippen molar-refractivity contribution >= 4 is 11.6 Å². The number of halogens is 3. The molecule has 18 heavy (non-hydrogen) atoms. The molecule has 0 atom stereocenters. The molecule has 1 saturated heterocycles. The zero-order valence-corrected chi connectivity index (χ0v) is 10.8. The Labute approximate surface area is 110 Å². The molecule has 0 aliphatic carbocycles. The van der Waals surface area contributed by atoms with E-state index in [0.717, 1.165) is 39.3 Å². The minimum absolute atomic E-state index is 0.404. The van der Waals surface area contributed by atoms with E-state index >= 15 is 0 Å². The summed E-state index contributed by atoms with van der Waals surface area (Å²) in [6.07, 6.45) is 1.40. The topological polar surface area (TPSA) is 12.5 Å². The van der Waals surface area contributed by atoms with Gasteiger partial charge in [0.2, 0.25) is 0 Å². The van der Waals surface area contributed by atoms with E-state index in [1.807, 2.05) is 0 Å². The highest BCUT2D eigenvalue weighted by Gasteiger charge is 2.13. The van der Waals surface area contributed by atoms with Crippen molar-refractivity contribution in [3.05, 3.63) is 34.4 Å². The van der Waals surface area contributed by atoms with Crippen LogP contribution in [0.3, 0.4) is 0 Å². The Kier molecular flexibility index (Phi) is 4.92. The number of aryl methyl sites for hydroxylation is 1. The highest BCUT2D eigenvalue weighted by molar-refractivity contribution is 6.30. The standard InChI is InChI=1S/C13H16ClF2NO/c14-12-11(15)4-3-10(13(12)16)2-1-5-17-6-8-18-9-7-17/h3-4H,1-2,5-9H2. The molecule has 2 nitrogen and oxygen atoms in total. The third kappa shape index (κ3) is 3.40. The first-order valence-electron chi connectivity index (χ1n) is 6.11. The van der Waals surface area contributed by atoms with Gasteiger partial charge in [-0.2, -0.15) is 0 Å². The van der Waals surface area contributed by atoms with E-state index in [-0.39, 0.29) is 0 Å². The van der Waals surface area contributed by atoms with Crippen LogP contribution in [0.4, 0.5) is 8.78 Å². The van der Waals surface area contributed by atoms with Crippen molar-refractivity contribution in [2.24, 2.45) is 0 Å². The Morgan fingerprint density at radius 2 is 1.94 bits per heavy atom. The van der Waals surface area contributed by atoms with Crippen molar-refractivity contribution in [2.45, 2.75) is 12.8 Å². The van der Waals surface area contributed by atoms with Crippen molar-refractivity contribution < 1.29 is 13.5 Å². The first kappa shape index (κ1) is 13.7. The molecular weight excluding hydrogens is 260 g/mol. The number of hydrogen-bond acceptors (Lipinski definition) is 2. The average molecular weight is 276 g/mol. The summed E-state index contributed by atoms with van der Waals surface area (Å²) in [7, 11) is 0. The van der Waals surface area contributed by atoms with Crippen molar-refractivity contribution in [3.8, 4) is 0 Å². The van der Waals surface area contributed by atoms with Gasteiger partial charge in [-0.3, -0.25) is 4.90 Å². The summed E-state index contributed by atoms with van der Waals surface area (Å²) in [4.78, 5) is 2.28. The minimum Gasteiger partial charge on any atom is -0.379 e. The van der Waals surface area contributed by atoms with Crippen LogP contribution in [-0.2, 0) is 11.2 Å². The fourth-order valence-electron chi connectivity index (χ4n) is 2.08. The maximum atomic E-state index is 13.6. The van der Waals surface area contributed by atoms with Gasteiger partial charge in [0.1, 0.15) is 16.7 Å². The van der Waals surface area contributed by atoms with Crippen molar-refractivity contribution in [1.82, 2.24) is 4.90 Å². The number of rotatable bonds is 4. The highest BCUT2D eigenvalue weighted by Crippen LogP contribution is 2.22. The van der Waals surface area contributed by atoms with E-state index in [0.29, 0.717) is 12.0 Å². The molecule has 100 valence electrons. The molecule has 0 saturated carbocycles. The summed E-state index contributed by atoms with van der Waals surface area (Å²) in [5.41, 5.74) is 0.481. The molecule has 1 aliphatic heterocycles. The molecule has 0 amide bonds. The predicted octanol–water partition coefficient (Wildman–Crippen LogP) is 2.88. The zero-order valence-electron chi connectivity index (χ0n) is 10.1. The Bertz CT molecular complexity index is 408. The van der Waals surface area contributed by atoms with Crippen LogP contribution in [0, 0.1) is 11.6 Å². The number of ether oxygens (including phenoxy) is 1. The average Bonchev–Trinajstić information content (AvgIpc) is 2.40. The van der Waals surface area contributed by atoms with Gasteiger partial charge < -0.3 is 4.74 Å². The molecule has 0 unspecified atom stereocenters. The Balaban J connectivity index is 1.84. The first-order chi connectivity index (χ1) is 8.68. The fourth-order valence-corrected chi connectivity index (χ4v) is 2.26. The summed E-state index contributed by atoms with van der Waals surface area (Å²) in [5, 5.41) is -0.404. The lowest BCUT2D eigenvalue weighted by molar-refractivity contribution is 0.0374. The molecule has 1 heterocycles. The van der Waals surface area contributed by atoms with Gasteiger partial charge in [-0.25, -0.2) is 8.78 Å². The van der Waals surface area contributed by atoms with Crippen LogP contribution in [0.2, 0.25) is 5.02 Å². The lowest BCUT2D eigenvalue weighted by Crippen LogP contribution is -2.36. The van der Waals surface area contributed by atoms with Crippen molar-refractivity contribution in [2.75, 3.05) is 32.8 Å². The van der Waals surface area contributed by atoms with Gasteiger partial charge in [0.15, 0.2) is 0 Å². The Hall–Kier alpha value is -0.710. The van der Waals surface area contributed by atoms with Gasteiger partial charge in [0.25, 0.3) is 0 Å². The van der Waals surface area contributed by atoms with Gasteiger partial charge in [-0.15, -0.1) is 0 Å². The monoisotopic (exact) mass is 275 g/mol. The van der Waals surface area contributed by atoms with Crippen molar-refractivity contribution in [1.29, 1.82) is 0 Å². The first-order valence-corrected chi connectivity index (χ1v) is 6.49. The third-order valence-electron chi connectivity index (χ3n) is 3.14. The van der Waals surface area contributed by atoms with Gasteiger partial charge in [-0.1, -0.05) is 17.7 Å². The van der Waals surface area contributed by atoms with Crippen molar-refractivity contribution in [3.63, 3.8) is 0 Å². The number of benzene rings is 1. The normalized spacial score (nSPS) is 17.1. The number of hydrogen-bond donors (Lipinski definition) is 0. The van der Waals surface area contributed by atoms with E-state index in [2.05, 4.69) is 4.90 Å².